The van der Waals surface area contributed by atoms with Crippen molar-refractivity contribution in [1.82, 2.24) is 5.32 Å². The molecule has 21 heavy (non-hydrogen) atoms. The van der Waals surface area contributed by atoms with Crippen LogP contribution in [0.4, 0.5) is 0 Å². The number of benzene rings is 1. The van der Waals surface area contributed by atoms with Crippen LogP contribution in [0.2, 0.25) is 0 Å². The van der Waals surface area contributed by atoms with Crippen molar-refractivity contribution in [3.05, 3.63) is 23.8 Å². The van der Waals surface area contributed by atoms with Gasteiger partial charge >= 0.3 is 5.97 Å². The van der Waals surface area contributed by atoms with Crippen LogP contribution in [0, 0.1) is 0 Å². The van der Waals surface area contributed by atoms with Crippen LogP contribution in [0.5, 0.6) is 11.5 Å². The van der Waals surface area contributed by atoms with Crippen LogP contribution in [0.15, 0.2) is 18.2 Å². The lowest BCUT2D eigenvalue weighted by Crippen LogP contribution is -2.31. The molecule has 0 saturated carbocycles. The van der Waals surface area contributed by atoms with Crippen molar-refractivity contribution >= 4 is 11.9 Å². The average molecular weight is 297 g/mol. The molecule has 1 rings (SSSR count). The van der Waals surface area contributed by atoms with Gasteiger partial charge in [0.1, 0.15) is 17.1 Å². The Morgan fingerprint density at radius 1 is 1.14 bits per heavy atom. The van der Waals surface area contributed by atoms with Crippen molar-refractivity contribution in [3.63, 3.8) is 0 Å². The molecule has 0 atom stereocenters. The topological polar surface area (TPSA) is 83.1 Å². The highest BCUT2D eigenvalue weighted by atomic mass is 16.5. The number of amides is 1. The van der Waals surface area contributed by atoms with Gasteiger partial charge in [0, 0.05) is 13.7 Å². The van der Waals surface area contributed by atoms with E-state index in [9.17, 15) is 9.59 Å². The van der Waals surface area contributed by atoms with E-state index >= 15 is 0 Å². The fraction of sp³-hybridized carbons (Fsp3) is 0.429. The first kappa shape index (κ1) is 16.8. The number of methoxy groups -OCH3 is 3. The predicted molar refractivity (Wildman–Crippen MR) is 74.7 cm³/mol. The highest BCUT2D eigenvalue weighted by Gasteiger charge is 2.16. The first-order valence-corrected chi connectivity index (χ1v) is 6.27. The van der Waals surface area contributed by atoms with E-state index in [4.69, 9.17) is 18.9 Å². The number of nitrogens with one attached hydrogen (secondary N) is 1. The molecule has 1 amide bonds. The summed E-state index contributed by atoms with van der Waals surface area (Å²) in [5, 5.41) is 2.54. The number of rotatable bonds is 8. The minimum Gasteiger partial charge on any atom is -0.497 e. The first-order chi connectivity index (χ1) is 10.1. The lowest BCUT2D eigenvalue weighted by molar-refractivity contribution is -0.124. The maximum Gasteiger partial charge on any atom is 0.342 e. The number of esters is 1. The van der Waals surface area contributed by atoms with Crippen LogP contribution in [0.25, 0.3) is 0 Å². The van der Waals surface area contributed by atoms with Crippen LogP contribution in [0.1, 0.15) is 10.4 Å². The van der Waals surface area contributed by atoms with E-state index in [2.05, 4.69) is 5.32 Å². The van der Waals surface area contributed by atoms with Gasteiger partial charge in [0.25, 0.3) is 5.91 Å². The Morgan fingerprint density at radius 2 is 1.90 bits per heavy atom. The summed E-state index contributed by atoms with van der Waals surface area (Å²) < 4.78 is 19.8. The van der Waals surface area contributed by atoms with E-state index in [0.717, 1.165) is 0 Å². The van der Waals surface area contributed by atoms with E-state index in [1.54, 1.807) is 12.1 Å². The Labute approximate surface area is 123 Å². The molecule has 0 bridgehead atoms. The molecular weight excluding hydrogens is 278 g/mol. The summed E-state index contributed by atoms with van der Waals surface area (Å²) >= 11 is 0. The van der Waals surface area contributed by atoms with Gasteiger partial charge in [-0.15, -0.1) is 0 Å². The van der Waals surface area contributed by atoms with Crippen LogP contribution >= 0.6 is 0 Å². The minimum absolute atomic E-state index is 0.196. The van der Waals surface area contributed by atoms with Crippen molar-refractivity contribution in [2.75, 3.05) is 41.1 Å². The molecule has 0 heterocycles. The zero-order valence-electron chi connectivity index (χ0n) is 12.3. The number of hydrogen-bond donors (Lipinski definition) is 1. The van der Waals surface area contributed by atoms with Crippen molar-refractivity contribution in [2.45, 2.75) is 0 Å². The summed E-state index contributed by atoms with van der Waals surface area (Å²) in [6, 6.07) is 4.74. The van der Waals surface area contributed by atoms with Crippen molar-refractivity contribution in [3.8, 4) is 11.5 Å². The fourth-order valence-electron chi connectivity index (χ4n) is 1.53. The Morgan fingerprint density at radius 3 is 2.52 bits per heavy atom. The first-order valence-electron chi connectivity index (χ1n) is 6.27. The van der Waals surface area contributed by atoms with E-state index in [1.807, 2.05) is 0 Å². The molecular formula is C14H19NO6. The summed E-state index contributed by atoms with van der Waals surface area (Å²) in [6.45, 7) is 0.377. The molecule has 0 spiro atoms. The monoisotopic (exact) mass is 297 g/mol. The van der Waals surface area contributed by atoms with Gasteiger partial charge in [-0.3, -0.25) is 4.79 Å². The van der Waals surface area contributed by atoms with Gasteiger partial charge in [0.05, 0.1) is 20.8 Å². The molecule has 0 saturated heterocycles. The molecule has 0 radical (unpaired) electrons. The quantitative estimate of drug-likeness (QED) is 0.559. The van der Waals surface area contributed by atoms with Gasteiger partial charge in [-0.05, 0) is 18.2 Å². The summed E-state index contributed by atoms with van der Waals surface area (Å²) in [6.07, 6.45) is 0. The van der Waals surface area contributed by atoms with Crippen molar-refractivity contribution in [2.24, 2.45) is 0 Å². The highest BCUT2D eigenvalue weighted by Crippen LogP contribution is 2.24. The summed E-state index contributed by atoms with van der Waals surface area (Å²) in [4.78, 5) is 23.4. The van der Waals surface area contributed by atoms with E-state index in [1.165, 1.54) is 27.4 Å². The number of carbonyl (C=O) groups excluding carboxylic acids is 2. The number of carbonyl (C=O) groups is 2. The summed E-state index contributed by atoms with van der Waals surface area (Å²) in [7, 11) is 4.46. The van der Waals surface area contributed by atoms with E-state index < -0.39 is 11.9 Å². The second-order valence-corrected chi connectivity index (χ2v) is 3.99. The Hall–Kier alpha value is -2.28. The average Bonchev–Trinajstić information content (AvgIpc) is 2.52. The largest absolute Gasteiger partial charge is 0.497 e. The second kappa shape index (κ2) is 8.80. The molecule has 0 aliphatic carbocycles. The molecule has 1 aromatic carbocycles. The van der Waals surface area contributed by atoms with E-state index in [0.29, 0.717) is 24.7 Å². The van der Waals surface area contributed by atoms with Crippen molar-refractivity contribution in [1.29, 1.82) is 0 Å². The SMILES string of the molecule is COCCNC(=O)COC(=O)c1cc(OC)ccc1OC. The smallest absolute Gasteiger partial charge is 0.342 e. The van der Waals surface area contributed by atoms with Crippen LogP contribution < -0.4 is 14.8 Å². The predicted octanol–water partition coefficient (Wildman–Crippen LogP) is 0.623. The molecule has 1 aromatic rings. The third-order valence-corrected chi connectivity index (χ3v) is 2.59. The molecule has 7 nitrogen and oxygen atoms in total. The number of ether oxygens (including phenoxy) is 4. The van der Waals surface area contributed by atoms with Gasteiger partial charge in [-0.1, -0.05) is 0 Å². The molecule has 116 valence electrons. The molecule has 0 unspecified atom stereocenters. The summed E-state index contributed by atoms with van der Waals surface area (Å²) in [5.74, 6) is -0.220. The number of hydrogen-bond acceptors (Lipinski definition) is 6. The molecule has 0 aromatic heterocycles. The molecule has 0 aliphatic heterocycles. The maximum atomic E-state index is 12.0. The van der Waals surface area contributed by atoms with Gasteiger partial charge in [-0.25, -0.2) is 4.79 Å². The molecule has 0 aliphatic rings. The zero-order valence-corrected chi connectivity index (χ0v) is 12.3. The van der Waals surface area contributed by atoms with Crippen LogP contribution in [-0.2, 0) is 14.3 Å². The van der Waals surface area contributed by atoms with E-state index in [-0.39, 0.29) is 12.2 Å². The molecule has 1 N–H and O–H groups in total. The van der Waals surface area contributed by atoms with Gasteiger partial charge in [0.15, 0.2) is 6.61 Å². The summed E-state index contributed by atoms with van der Waals surface area (Å²) in [5.41, 5.74) is 0.196. The van der Waals surface area contributed by atoms with Gasteiger partial charge in [-0.2, -0.15) is 0 Å². The van der Waals surface area contributed by atoms with Crippen LogP contribution in [-0.4, -0.2) is 53.0 Å². The standard InChI is InChI=1S/C14H19NO6/c1-18-7-6-15-13(16)9-21-14(17)11-8-10(19-2)4-5-12(11)20-3/h4-5,8H,6-7,9H2,1-3H3,(H,15,16). The molecule has 0 fully saturated rings. The Bertz CT molecular complexity index is 488. The Kier molecular flexibility index (Phi) is 7.03. The normalized spacial score (nSPS) is 9.86. The third kappa shape index (κ3) is 5.31. The van der Waals surface area contributed by atoms with Gasteiger partial charge in [0.2, 0.25) is 0 Å². The fourth-order valence-corrected chi connectivity index (χ4v) is 1.53. The van der Waals surface area contributed by atoms with Crippen LogP contribution in [0.3, 0.4) is 0 Å². The van der Waals surface area contributed by atoms with Crippen molar-refractivity contribution < 1.29 is 28.5 Å². The maximum absolute atomic E-state index is 12.0. The van der Waals surface area contributed by atoms with Gasteiger partial charge < -0.3 is 24.3 Å². The highest BCUT2D eigenvalue weighted by molar-refractivity contribution is 5.94. The third-order valence-electron chi connectivity index (χ3n) is 2.59. The lowest BCUT2D eigenvalue weighted by Gasteiger charge is -2.10. The lowest BCUT2D eigenvalue weighted by atomic mass is 10.2. The molecule has 7 heteroatoms. The zero-order chi connectivity index (χ0) is 15.7. The Balaban J connectivity index is 2.60. The second-order valence-electron chi connectivity index (χ2n) is 3.99. The minimum atomic E-state index is -0.660.